The number of benzene rings is 3. The molecule has 0 saturated carbocycles. The van der Waals surface area contributed by atoms with Gasteiger partial charge in [0.05, 0.1) is 32.0 Å². The molecule has 3 aromatic carbocycles. The number of fused-ring (bicyclic) bond motifs is 1. The van der Waals surface area contributed by atoms with Gasteiger partial charge in [-0.2, -0.15) is 0 Å². The van der Waals surface area contributed by atoms with E-state index in [4.69, 9.17) is 14.3 Å². The fourth-order valence-corrected chi connectivity index (χ4v) is 4.85. The second-order valence-electron chi connectivity index (χ2n) is 9.02. The summed E-state index contributed by atoms with van der Waals surface area (Å²) in [6.07, 6.45) is 1.09. The van der Waals surface area contributed by atoms with Crippen molar-refractivity contribution < 1.29 is 23.9 Å². The lowest BCUT2D eigenvalue weighted by atomic mass is 9.90. The number of methoxy groups -OCH3 is 1. The minimum Gasteiger partial charge on any atom is -0.493 e. The molecule has 2 aliphatic rings. The number of nitrogens with zero attached hydrogens (tertiary/aromatic N) is 2. The number of carbonyl (C=O) groups excluding carboxylic acids is 2. The van der Waals surface area contributed by atoms with Gasteiger partial charge in [-0.25, -0.2) is 5.06 Å². The van der Waals surface area contributed by atoms with Crippen LogP contribution in [0, 0.1) is 5.92 Å². The quantitative estimate of drug-likeness (QED) is 0.316. The molecule has 3 aromatic rings. The molecule has 0 N–H and O–H groups in total. The standard InChI is InChI=1S/C29H30N2O5/c1-3-4-17-35-23-16-15-21(18-24(23)34-2)26-25-27(36-31(26)22-13-9-6-10-14-22)29(33)30(28(25)32)19-20-11-7-5-8-12-20/h5-16,18,25-27H,3-4,17,19H2,1-2H3/t25-,26-,27-/m0/s1. The van der Waals surface area contributed by atoms with E-state index in [2.05, 4.69) is 6.92 Å². The van der Waals surface area contributed by atoms with Gasteiger partial charge in [0.25, 0.3) is 5.91 Å². The van der Waals surface area contributed by atoms with Crippen molar-refractivity contribution in [3.63, 3.8) is 0 Å². The van der Waals surface area contributed by atoms with Gasteiger partial charge in [0.1, 0.15) is 5.92 Å². The Morgan fingerprint density at radius 2 is 1.61 bits per heavy atom. The molecule has 0 spiro atoms. The summed E-state index contributed by atoms with van der Waals surface area (Å²) in [6, 6.07) is 24.2. The first-order valence-corrected chi connectivity index (χ1v) is 12.3. The second kappa shape index (κ2) is 10.4. The first-order chi connectivity index (χ1) is 17.6. The number of anilines is 1. The summed E-state index contributed by atoms with van der Waals surface area (Å²) in [5.41, 5.74) is 2.48. The molecule has 7 heteroatoms. The van der Waals surface area contributed by atoms with E-state index in [9.17, 15) is 9.59 Å². The number of hydrogen-bond donors (Lipinski definition) is 0. The van der Waals surface area contributed by atoms with Crippen LogP contribution < -0.4 is 14.5 Å². The van der Waals surface area contributed by atoms with Gasteiger partial charge < -0.3 is 9.47 Å². The molecule has 7 nitrogen and oxygen atoms in total. The summed E-state index contributed by atoms with van der Waals surface area (Å²) in [7, 11) is 1.60. The highest BCUT2D eigenvalue weighted by Crippen LogP contribution is 2.48. The summed E-state index contributed by atoms with van der Waals surface area (Å²) < 4.78 is 11.5. The van der Waals surface area contributed by atoms with Crippen molar-refractivity contribution in [2.45, 2.75) is 38.5 Å². The van der Waals surface area contributed by atoms with Gasteiger partial charge in [-0.15, -0.1) is 0 Å². The number of hydrogen-bond acceptors (Lipinski definition) is 6. The van der Waals surface area contributed by atoms with Crippen molar-refractivity contribution in [3.05, 3.63) is 90.0 Å². The fraction of sp³-hybridized carbons (Fsp3) is 0.310. The van der Waals surface area contributed by atoms with E-state index in [-0.39, 0.29) is 18.4 Å². The Kier molecular flexibility index (Phi) is 6.91. The summed E-state index contributed by atoms with van der Waals surface area (Å²) in [5, 5.41) is 1.69. The van der Waals surface area contributed by atoms with Crippen LogP contribution in [0.2, 0.25) is 0 Å². The molecule has 2 fully saturated rings. The van der Waals surface area contributed by atoms with E-state index in [0.29, 0.717) is 18.1 Å². The maximum atomic E-state index is 13.7. The predicted molar refractivity (Wildman–Crippen MR) is 135 cm³/mol. The van der Waals surface area contributed by atoms with E-state index in [1.165, 1.54) is 4.90 Å². The van der Waals surface area contributed by atoms with Gasteiger partial charge in [-0.1, -0.05) is 67.9 Å². The average molecular weight is 487 g/mol. The van der Waals surface area contributed by atoms with Crippen LogP contribution in [0.4, 0.5) is 5.69 Å². The van der Waals surface area contributed by atoms with Crippen LogP contribution >= 0.6 is 0 Å². The number of imide groups is 1. The normalized spacial score (nSPS) is 21.1. The third kappa shape index (κ3) is 4.42. The van der Waals surface area contributed by atoms with Gasteiger partial charge in [0.2, 0.25) is 5.91 Å². The van der Waals surface area contributed by atoms with Crippen LogP contribution in [0.3, 0.4) is 0 Å². The highest BCUT2D eigenvalue weighted by molar-refractivity contribution is 6.07. The number of hydroxylamine groups is 1. The topological polar surface area (TPSA) is 68.3 Å². The minimum absolute atomic E-state index is 0.223. The summed E-state index contributed by atoms with van der Waals surface area (Å²) in [4.78, 5) is 34.6. The van der Waals surface area contributed by atoms with E-state index in [1.807, 2.05) is 78.9 Å². The number of para-hydroxylation sites is 1. The zero-order chi connectivity index (χ0) is 25.1. The van der Waals surface area contributed by atoms with Crippen molar-refractivity contribution in [2.24, 2.45) is 5.92 Å². The molecular formula is C29H30N2O5. The number of unbranched alkanes of at least 4 members (excludes halogenated alkanes) is 1. The molecule has 36 heavy (non-hydrogen) atoms. The predicted octanol–water partition coefficient (Wildman–Crippen LogP) is 4.92. The molecule has 3 atom stereocenters. The van der Waals surface area contributed by atoms with Crippen LogP contribution in [0.5, 0.6) is 11.5 Å². The molecule has 2 aliphatic heterocycles. The second-order valence-corrected chi connectivity index (χ2v) is 9.02. The first-order valence-electron chi connectivity index (χ1n) is 12.3. The van der Waals surface area contributed by atoms with Crippen molar-refractivity contribution in [2.75, 3.05) is 18.8 Å². The highest BCUT2D eigenvalue weighted by atomic mass is 16.7. The van der Waals surface area contributed by atoms with Crippen LogP contribution in [-0.2, 0) is 21.0 Å². The Morgan fingerprint density at radius 3 is 2.31 bits per heavy atom. The zero-order valence-electron chi connectivity index (χ0n) is 20.5. The number of rotatable bonds is 9. The fourth-order valence-electron chi connectivity index (χ4n) is 4.85. The molecule has 2 heterocycles. The summed E-state index contributed by atoms with van der Waals surface area (Å²) >= 11 is 0. The summed E-state index contributed by atoms with van der Waals surface area (Å²) in [5.74, 6) is -0.00444. The monoisotopic (exact) mass is 486 g/mol. The molecule has 2 amide bonds. The maximum absolute atomic E-state index is 13.7. The molecule has 186 valence electrons. The van der Waals surface area contributed by atoms with E-state index < -0.39 is 18.1 Å². The molecule has 0 aliphatic carbocycles. The molecule has 0 radical (unpaired) electrons. The number of ether oxygens (including phenoxy) is 2. The summed E-state index contributed by atoms with van der Waals surface area (Å²) in [6.45, 7) is 2.93. The molecule has 0 aromatic heterocycles. The molecule has 2 saturated heterocycles. The van der Waals surface area contributed by atoms with Gasteiger partial charge in [-0.3, -0.25) is 19.3 Å². The van der Waals surface area contributed by atoms with Crippen LogP contribution in [0.25, 0.3) is 0 Å². The average Bonchev–Trinajstić information content (AvgIpc) is 3.42. The van der Waals surface area contributed by atoms with E-state index in [0.717, 1.165) is 29.7 Å². The largest absolute Gasteiger partial charge is 0.493 e. The van der Waals surface area contributed by atoms with Crippen LogP contribution in [0.15, 0.2) is 78.9 Å². The van der Waals surface area contributed by atoms with Crippen molar-refractivity contribution >= 4 is 17.5 Å². The lowest BCUT2D eigenvalue weighted by Crippen LogP contribution is -2.36. The van der Waals surface area contributed by atoms with Crippen molar-refractivity contribution in [3.8, 4) is 11.5 Å². The molecular weight excluding hydrogens is 456 g/mol. The smallest absolute Gasteiger partial charge is 0.262 e. The first kappa shape index (κ1) is 23.9. The molecule has 0 bridgehead atoms. The lowest BCUT2D eigenvalue weighted by molar-refractivity contribution is -0.143. The Bertz CT molecular complexity index is 1220. The third-order valence-electron chi connectivity index (χ3n) is 6.69. The van der Waals surface area contributed by atoms with Crippen molar-refractivity contribution in [1.29, 1.82) is 0 Å². The Balaban J connectivity index is 1.50. The zero-order valence-corrected chi connectivity index (χ0v) is 20.5. The van der Waals surface area contributed by atoms with Gasteiger partial charge in [0, 0.05) is 0 Å². The van der Waals surface area contributed by atoms with E-state index in [1.54, 1.807) is 12.2 Å². The Hall–Kier alpha value is -3.84. The Labute approximate surface area is 211 Å². The molecule has 0 unspecified atom stereocenters. The minimum atomic E-state index is -0.891. The highest BCUT2D eigenvalue weighted by Gasteiger charge is 2.59. The Morgan fingerprint density at radius 1 is 0.889 bits per heavy atom. The number of amides is 2. The van der Waals surface area contributed by atoms with E-state index >= 15 is 0 Å². The maximum Gasteiger partial charge on any atom is 0.262 e. The van der Waals surface area contributed by atoms with Gasteiger partial charge in [0.15, 0.2) is 17.6 Å². The third-order valence-corrected chi connectivity index (χ3v) is 6.69. The van der Waals surface area contributed by atoms with Crippen LogP contribution in [0.1, 0.15) is 36.9 Å². The van der Waals surface area contributed by atoms with Crippen LogP contribution in [-0.4, -0.2) is 36.5 Å². The van der Waals surface area contributed by atoms with Gasteiger partial charge in [-0.05, 0) is 41.8 Å². The number of carbonyl (C=O) groups is 2. The van der Waals surface area contributed by atoms with Crippen molar-refractivity contribution in [1.82, 2.24) is 4.90 Å². The molecule has 5 rings (SSSR count). The SMILES string of the molecule is CCCCOc1ccc([C@H]2[C@@H]3C(=O)N(Cc4ccccc4)C(=O)[C@H]3ON2c2ccccc2)cc1OC. The number of likely N-dealkylation sites (tertiary alicyclic amines) is 1. The van der Waals surface area contributed by atoms with Gasteiger partial charge >= 0.3 is 0 Å². The lowest BCUT2D eigenvalue weighted by Gasteiger charge is -2.29.